The molecule has 1 atom stereocenters. The van der Waals surface area contributed by atoms with Crippen LogP contribution < -0.4 is 5.32 Å². The summed E-state index contributed by atoms with van der Waals surface area (Å²) in [5.74, 6) is -0.0704. The first kappa shape index (κ1) is 15.8. The number of alkyl halides is 3. The Kier molecular flexibility index (Phi) is 5.22. The number of carbonyl (C=O) groups excluding carboxylic acids is 1. The normalized spacial score (nSPS) is 20.4. The molecule has 5 nitrogen and oxygen atoms in total. The Morgan fingerprint density at radius 3 is 3.00 bits per heavy atom. The first-order chi connectivity index (χ1) is 9.92. The number of halogens is 3. The van der Waals surface area contributed by atoms with Crippen LogP contribution in [0.5, 0.6) is 0 Å². The monoisotopic (exact) mass is 304 g/mol. The molecule has 1 fully saturated rings. The Morgan fingerprint density at radius 1 is 1.52 bits per heavy atom. The quantitative estimate of drug-likeness (QED) is 0.863. The van der Waals surface area contributed by atoms with Gasteiger partial charge in [-0.2, -0.15) is 18.3 Å². The summed E-state index contributed by atoms with van der Waals surface area (Å²) in [7, 11) is 0. The molecule has 0 saturated carbocycles. The number of H-pyrrole nitrogens is 1. The maximum atomic E-state index is 12.4. The summed E-state index contributed by atoms with van der Waals surface area (Å²) in [6.07, 6.45) is -0.806. The molecule has 1 aromatic heterocycles. The van der Waals surface area contributed by atoms with Gasteiger partial charge >= 0.3 is 6.18 Å². The van der Waals surface area contributed by atoms with Crippen LogP contribution in [-0.4, -0.2) is 53.4 Å². The lowest BCUT2D eigenvalue weighted by molar-refractivity contribution is -0.149. The number of nitrogens with one attached hydrogen (secondary N) is 2. The average molecular weight is 304 g/mol. The Labute approximate surface area is 120 Å². The van der Waals surface area contributed by atoms with Crippen LogP contribution in [0.4, 0.5) is 13.2 Å². The van der Waals surface area contributed by atoms with Crippen LogP contribution >= 0.6 is 0 Å². The van der Waals surface area contributed by atoms with Crippen molar-refractivity contribution in [3.05, 3.63) is 18.0 Å². The fourth-order valence-electron chi connectivity index (χ4n) is 2.59. The van der Waals surface area contributed by atoms with Crippen LogP contribution in [0.1, 0.15) is 18.5 Å². The summed E-state index contributed by atoms with van der Waals surface area (Å²) >= 11 is 0. The van der Waals surface area contributed by atoms with Crippen LogP contribution in [0.3, 0.4) is 0 Å². The highest BCUT2D eigenvalue weighted by Crippen LogP contribution is 2.22. The van der Waals surface area contributed by atoms with Gasteiger partial charge in [0.05, 0.1) is 13.0 Å². The highest BCUT2D eigenvalue weighted by Gasteiger charge is 2.32. The predicted octanol–water partition coefficient (Wildman–Crippen LogP) is 1.34. The first-order valence-electron chi connectivity index (χ1n) is 6.96. The van der Waals surface area contributed by atoms with Crippen molar-refractivity contribution in [2.75, 3.05) is 26.2 Å². The van der Waals surface area contributed by atoms with E-state index in [-0.39, 0.29) is 18.2 Å². The lowest BCUT2D eigenvalue weighted by Crippen LogP contribution is -2.44. The van der Waals surface area contributed by atoms with E-state index in [9.17, 15) is 18.0 Å². The van der Waals surface area contributed by atoms with Gasteiger partial charge in [-0.1, -0.05) is 0 Å². The van der Waals surface area contributed by atoms with Crippen LogP contribution in [0.2, 0.25) is 0 Å². The molecule has 0 aliphatic carbocycles. The van der Waals surface area contributed by atoms with Gasteiger partial charge in [-0.15, -0.1) is 0 Å². The molecule has 1 aromatic rings. The summed E-state index contributed by atoms with van der Waals surface area (Å²) in [5, 5.41) is 9.23. The summed E-state index contributed by atoms with van der Waals surface area (Å²) in [5.41, 5.74) is 0.717. The van der Waals surface area contributed by atoms with Crippen molar-refractivity contribution in [2.45, 2.75) is 25.4 Å². The van der Waals surface area contributed by atoms with Gasteiger partial charge in [-0.25, -0.2) is 0 Å². The van der Waals surface area contributed by atoms with E-state index in [1.165, 1.54) is 4.90 Å². The van der Waals surface area contributed by atoms with E-state index < -0.39 is 12.7 Å². The number of aromatic nitrogens is 2. The molecule has 8 heteroatoms. The minimum Gasteiger partial charge on any atom is -0.355 e. The van der Waals surface area contributed by atoms with Crippen LogP contribution in [0.15, 0.2) is 12.3 Å². The number of likely N-dealkylation sites (tertiary alicyclic amines) is 1. The van der Waals surface area contributed by atoms with Gasteiger partial charge in [0.25, 0.3) is 0 Å². The number of rotatable bonds is 5. The van der Waals surface area contributed by atoms with Crippen LogP contribution in [-0.2, 0) is 11.2 Å². The Hall–Kier alpha value is -1.57. The molecule has 0 spiro atoms. The molecule has 0 aromatic carbocycles. The molecule has 0 radical (unpaired) electrons. The van der Waals surface area contributed by atoms with Crippen LogP contribution in [0.25, 0.3) is 0 Å². The maximum absolute atomic E-state index is 12.4. The second-order valence-corrected chi connectivity index (χ2v) is 5.42. The first-order valence-corrected chi connectivity index (χ1v) is 6.96. The fraction of sp³-hybridized carbons (Fsp3) is 0.692. The minimum absolute atomic E-state index is 0.0758. The maximum Gasteiger partial charge on any atom is 0.401 e. The zero-order valence-corrected chi connectivity index (χ0v) is 11.6. The number of hydrogen-bond acceptors (Lipinski definition) is 3. The fourth-order valence-corrected chi connectivity index (χ4v) is 2.59. The molecule has 2 rings (SSSR count). The van der Waals surface area contributed by atoms with Crippen molar-refractivity contribution in [1.29, 1.82) is 0 Å². The third-order valence-electron chi connectivity index (χ3n) is 3.50. The summed E-state index contributed by atoms with van der Waals surface area (Å²) in [6, 6.07) is 1.71. The second-order valence-electron chi connectivity index (χ2n) is 5.42. The van der Waals surface area contributed by atoms with Crippen molar-refractivity contribution < 1.29 is 18.0 Å². The molecular weight excluding hydrogens is 285 g/mol. The Balaban J connectivity index is 1.71. The van der Waals surface area contributed by atoms with Gasteiger partial charge in [0.1, 0.15) is 0 Å². The molecule has 21 heavy (non-hydrogen) atoms. The lowest BCUT2D eigenvalue weighted by Gasteiger charge is -2.33. The summed E-state index contributed by atoms with van der Waals surface area (Å²) in [4.78, 5) is 13.1. The molecular formula is C13H19F3N4O. The zero-order valence-electron chi connectivity index (χ0n) is 11.6. The largest absolute Gasteiger partial charge is 0.401 e. The average Bonchev–Trinajstić information content (AvgIpc) is 2.87. The molecule has 0 bridgehead atoms. The summed E-state index contributed by atoms with van der Waals surface area (Å²) < 4.78 is 37.1. The molecule has 1 aliphatic rings. The van der Waals surface area contributed by atoms with Gasteiger partial charge in [-0.3, -0.25) is 14.8 Å². The predicted molar refractivity (Wildman–Crippen MR) is 70.5 cm³/mol. The van der Waals surface area contributed by atoms with Gasteiger partial charge in [0.2, 0.25) is 5.91 Å². The highest BCUT2D eigenvalue weighted by atomic mass is 19.4. The summed E-state index contributed by atoms with van der Waals surface area (Å²) in [6.45, 7) is 0.398. The van der Waals surface area contributed by atoms with E-state index in [0.29, 0.717) is 19.6 Å². The van der Waals surface area contributed by atoms with E-state index in [2.05, 4.69) is 15.5 Å². The van der Waals surface area contributed by atoms with E-state index in [1.807, 2.05) is 0 Å². The number of aromatic amines is 1. The number of carbonyl (C=O) groups is 1. The van der Waals surface area contributed by atoms with Gasteiger partial charge < -0.3 is 5.32 Å². The highest BCUT2D eigenvalue weighted by molar-refractivity contribution is 5.78. The molecule has 2 heterocycles. The Morgan fingerprint density at radius 2 is 2.33 bits per heavy atom. The van der Waals surface area contributed by atoms with Crippen molar-refractivity contribution >= 4 is 5.91 Å². The third-order valence-corrected chi connectivity index (χ3v) is 3.50. The van der Waals surface area contributed by atoms with Crippen molar-refractivity contribution in [3.63, 3.8) is 0 Å². The molecule has 1 saturated heterocycles. The minimum atomic E-state index is -4.16. The molecule has 1 unspecified atom stereocenters. The van der Waals surface area contributed by atoms with E-state index >= 15 is 0 Å². The smallest absolute Gasteiger partial charge is 0.355 e. The molecule has 1 aliphatic heterocycles. The van der Waals surface area contributed by atoms with Crippen molar-refractivity contribution in [3.8, 4) is 0 Å². The molecule has 1 amide bonds. The number of hydrogen-bond donors (Lipinski definition) is 2. The zero-order chi connectivity index (χ0) is 15.3. The van der Waals surface area contributed by atoms with Crippen molar-refractivity contribution in [1.82, 2.24) is 20.4 Å². The van der Waals surface area contributed by atoms with Crippen molar-refractivity contribution in [2.24, 2.45) is 5.92 Å². The van der Waals surface area contributed by atoms with Gasteiger partial charge in [0, 0.05) is 25.0 Å². The van der Waals surface area contributed by atoms with Crippen LogP contribution in [0, 0.1) is 5.92 Å². The van der Waals surface area contributed by atoms with Gasteiger partial charge in [0.15, 0.2) is 0 Å². The second kappa shape index (κ2) is 6.93. The molecule has 2 N–H and O–H groups in total. The lowest BCUT2D eigenvalue weighted by atomic mass is 9.98. The SMILES string of the molecule is O=C(Cc1ccn[nH]1)NCC1CCCN(CC(F)(F)F)C1. The number of nitrogens with zero attached hydrogens (tertiary/aromatic N) is 2. The number of piperidine rings is 1. The topological polar surface area (TPSA) is 61.0 Å². The van der Waals surface area contributed by atoms with Gasteiger partial charge in [-0.05, 0) is 31.4 Å². The van der Waals surface area contributed by atoms with E-state index in [0.717, 1.165) is 18.5 Å². The van der Waals surface area contributed by atoms with E-state index in [1.54, 1.807) is 12.3 Å². The number of amides is 1. The Bertz CT molecular complexity index is 447. The standard InChI is InChI=1S/C13H19F3N4O/c14-13(15,16)9-20-5-1-2-10(8-20)7-17-12(21)6-11-3-4-18-19-11/h3-4,10H,1-2,5-9H2,(H,17,21)(H,18,19). The third kappa shape index (κ3) is 5.74. The van der Waals surface area contributed by atoms with E-state index in [4.69, 9.17) is 0 Å². The molecule has 118 valence electrons.